The highest BCUT2D eigenvalue weighted by Gasteiger charge is 2.35. The maximum Gasteiger partial charge on any atom is 0.277 e. The van der Waals surface area contributed by atoms with Crippen molar-refractivity contribution in [3.63, 3.8) is 0 Å². The predicted molar refractivity (Wildman–Crippen MR) is 151 cm³/mol. The van der Waals surface area contributed by atoms with Crippen molar-refractivity contribution >= 4 is 56.8 Å². The zero-order valence-electron chi connectivity index (χ0n) is 20.0. The van der Waals surface area contributed by atoms with E-state index in [1.807, 2.05) is 78.9 Å². The van der Waals surface area contributed by atoms with Crippen molar-refractivity contribution in [2.75, 3.05) is 10.2 Å². The van der Waals surface area contributed by atoms with E-state index in [-0.39, 0.29) is 11.8 Å². The third-order valence-electron chi connectivity index (χ3n) is 6.81. The van der Waals surface area contributed by atoms with E-state index in [4.69, 9.17) is 16.6 Å². The average molecular weight is 526 g/mol. The Hall–Kier alpha value is -3.74. The third kappa shape index (κ3) is 4.47. The maximum absolute atomic E-state index is 13.8. The normalized spacial score (nSPS) is 15.5. The summed E-state index contributed by atoms with van der Waals surface area (Å²) in [6.07, 6.45) is 3.91. The summed E-state index contributed by atoms with van der Waals surface area (Å²) >= 11 is 7.94. The van der Waals surface area contributed by atoms with Crippen LogP contribution >= 0.6 is 22.9 Å². The standard InChI is InChI=1S/C30H24ClN3O2S/c31-23-15-7-4-10-19(23)18-34-24-16-8-5-13-21(24)27(30(34)36)33-29-26(22-14-6-9-17-25(22)37-29)28(35)32-20-11-2-1-3-12-20/h1-5,7-8,10-13,15-16H,6,9,14,17-18H2,(H,32,35). The lowest BCUT2D eigenvalue weighted by Gasteiger charge is -2.17. The van der Waals surface area contributed by atoms with E-state index in [0.717, 1.165) is 53.7 Å². The van der Waals surface area contributed by atoms with Crippen LogP contribution in [0.3, 0.4) is 0 Å². The molecule has 0 saturated carbocycles. The van der Waals surface area contributed by atoms with E-state index in [0.29, 0.717) is 27.8 Å². The number of aliphatic imine (C=N–C) groups is 1. The Morgan fingerprint density at radius 1 is 0.946 bits per heavy atom. The Balaban J connectivity index is 1.42. The van der Waals surface area contributed by atoms with E-state index in [9.17, 15) is 9.59 Å². The van der Waals surface area contributed by atoms with Gasteiger partial charge in [0, 0.05) is 21.2 Å². The molecule has 0 spiro atoms. The number of rotatable bonds is 5. The second kappa shape index (κ2) is 9.96. The molecule has 4 aromatic rings. The van der Waals surface area contributed by atoms with E-state index in [1.54, 1.807) is 4.90 Å². The van der Waals surface area contributed by atoms with Gasteiger partial charge < -0.3 is 10.2 Å². The van der Waals surface area contributed by atoms with Gasteiger partial charge in [0.25, 0.3) is 11.8 Å². The first kappa shape index (κ1) is 23.6. The van der Waals surface area contributed by atoms with Gasteiger partial charge in [-0.3, -0.25) is 9.59 Å². The van der Waals surface area contributed by atoms with Gasteiger partial charge in [0.05, 0.1) is 17.8 Å². The number of nitrogens with one attached hydrogen (secondary N) is 1. The number of nitrogens with zero attached hydrogens (tertiary/aromatic N) is 2. The van der Waals surface area contributed by atoms with Gasteiger partial charge in [0.2, 0.25) is 0 Å². The molecule has 0 bridgehead atoms. The first-order valence-corrected chi connectivity index (χ1v) is 13.5. The average Bonchev–Trinajstić information content (AvgIpc) is 3.41. The summed E-state index contributed by atoms with van der Waals surface area (Å²) in [5, 5.41) is 4.24. The second-order valence-electron chi connectivity index (χ2n) is 9.17. The Morgan fingerprint density at radius 3 is 2.51 bits per heavy atom. The Kier molecular flexibility index (Phi) is 6.37. The zero-order chi connectivity index (χ0) is 25.4. The van der Waals surface area contributed by atoms with Crippen LogP contribution in [0, 0.1) is 0 Å². The minimum atomic E-state index is -0.193. The van der Waals surface area contributed by atoms with Gasteiger partial charge in [-0.1, -0.05) is 66.2 Å². The first-order chi connectivity index (χ1) is 18.1. The fourth-order valence-electron chi connectivity index (χ4n) is 5.00. The molecule has 0 unspecified atom stereocenters. The summed E-state index contributed by atoms with van der Waals surface area (Å²) in [6, 6.07) is 24.6. The van der Waals surface area contributed by atoms with E-state index in [2.05, 4.69) is 5.32 Å². The fourth-order valence-corrected chi connectivity index (χ4v) is 6.46. The minimum Gasteiger partial charge on any atom is -0.322 e. The number of aryl methyl sites for hydroxylation is 1. The molecular formula is C30H24ClN3O2S. The summed E-state index contributed by atoms with van der Waals surface area (Å²) in [6.45, 7) is 0.344. The molecule has 7 heteroatoms. The van der Waals surface area contributed by atoms with Gasteiger partial charge >= 0.3 is 0 Å². The molecule has 1 aliphatic heterocycles. The van der Waals surface area contributed by atoms with E-state index < -0.39 is 0 Å². The summed E-state index contributed by atoms with van der Waals surface area (Å²) in [7, 11) is 0. The molecule has 1 aromatic heterocycles. The summed E-state index contributed by atoms with van der Waals surface area (Å²) in [5.41, 5.74) is 5.16. The molecule has 0 atom stereocenters. The van der Waals surface area contributed by atoms with Crippen LogP contribution in [0.4, 0.5) is 16.4 Å². The Labute approximate surface area is 224 Å². The van der Waals surface area contributed by atoms with Gasteiger partial charge in [-0.05, 0) is 61.1 Å². The molecule has 3 aromatic carbocycles. The van der Waals surface area contributed by atoms with E-state index in [1.165, 1.54) is 16.2 Å². The van der Waals surface area contributed by atoms with Gasteiger partial charge in [0.1, 0.15) is 10.7 Å². The molecule has 0 saturated heterocycles. The van der Waals surface area contributed by atoms with Crippen LogP contribution in [-0.2, 0) is 24.2 Å². The SMILES string of the molecule is O=C(Nc1ccccc1)c1c(N=C2C(=O)N(Cc3ccccc3Cl)c3ccccc32)sc2c1CCCC2. The molecular weight excluding hydrogens is 502 g/mol. The topological polar surface area (TPSA) is 61.8 Å². The van der Waals surface area contributed by atoms with Crippen LogP contribution in [-0.4, -0.2) is 17.5 Å². The van der Waals surface area contributed by atoms with Crippen LogP contribution < -0.4 is 10.2 Å². The fraction of sp³-hybridized carbons (Fsp3) is 0.167. The molecule has 1 N–H and O–H groups in total. The van der Waals surface area contributed by atoms with Crippen molar-refractivity contribution in [1.29, 1.82) is 0 Å². The number of carbonyl (C=O) groups is 2. The van der Waals surface area contributed by atoms with Crippen LogP contribution in [0.1, 0.15) is 44.8 Å². The number of hydrogen-bond acceptors (Lipinski definition) is 4. The Bertz CT molecular complexity index is 1540. The number of fused-ring (bicyclic) bond motifs is 2. The molecule has 2 aliphatic rings. The lowest BCUT2D eigenvalue weighted by Crippen LogP contribution is -2.29. The highest BCUT2D eigenvalue weighted by atomic mass is 35.5. The lowest BCUT2D eigenvalue weighted by atomic mass is 9.95. The Morgan fingerprint density at radius 2 is 1.68 bits per heavy atom. The number of thiophene rings is 1. The van der Waals surface area contributed by atoms with Gasteiger partial charge in [0.15, 0.2) is 0 Å². The van der Waals surface area contributed by atoms with Crippen molar-refractivity contribution in [2.45, 2.75) is 32.2 Å². The van der Waals surface area contributed by atoms with Gasteiger partial charge in [-0.25, -0.2) is 4.99 Å². The molecule has 37 heavy (non-hydrogen) atoms. The monoisotopic (exact) mass is 525 g/mol. The number of anilines is 2. The maximum atomic E-state index is 13.8. The second-order valence-corrected chi connectivity index (χ2v) is 10.7. The molecule has 0 radical (unpaired) electrons. The number of para-hydroxylation sites is 2. The van der Waals surface area contributed by atoms with Crippen molar-refractivity contribution < 1.29 is 9.59 Å². The largest absolute Gasteiger partial charge is 0.322 e. The molecule has 0 fully saturated rings. The van der Waals surface area contributed by atoms with Crippen molar-refractivity contribution in [2.24, 2.45) is 4.99 Å². The van der Waals surface area contributed by atoms with Gasteiger partial charge in [-0.2, -0.15) is 0 Å². The van der Waals surface area contributed by atoms with Crippen LogP contribution in [0.25, 0.3) is 0 Å². The van der Waals surface area contributed by atoms with Crippen LogP contribution in [0.2, 0.25) is 5.02 Å². The number of amides is 2. The van der Waals surface area contributed by atoms with E-state index >= 15 is 0 Å². The highest BCUT2D eigenvalue weighted by Crippen LogP contribution is 2.42. The molecule has 1 aliphatic carbocycles. The highest BCUT2D eigenvalue weighted by molar-refractivity contribution is 7.16. The lowest BCUT2D eigenvalue weighted by molar-refractivity contribution is -0.112. The van der Waals surface area contributed by atoms with Crippen molar-refractivity contribution in [1.82, 2.24) is 0 Å². The third-order valence-corrected chi connectivity index (χ3v) is 8.36. The number of benzene rings is 3. The molecule has 6 rings (SSSR count). The number of hydrogen-bond donors (Lipinski definition) is 1. The molecule has 2 amide bonds. The predicted octanol–water partition coefficient (Wildman–Crippen LogP) is 7.20. The minimum absolute atomic E-state index is 0.184. The molecule has 5 nitrogen and oxygen atoms in total. The van der Waals surface area contributed by atoms with Crippen molar-refractivity contribution in [3.8, 4) is 0 Å². The smallest absolute Gasteiger partial charge is 0.277 e. The van der Waals surface area contributed by atoms with Gasteiger partial charge in [-0.15, -0.1) is 11.3 Å². The number of halogens is 1. The molecule has 184 valence electrons. The molecule has 2 heterocycles. The van der Waals surface area contributed by atoms with Crippen LogP contribution in [0.5, 0.6) is 0 Å². The quantitative estimate of drug-likeness (QED) is 0.299. The van der Waals surface area contributed by atoms with Crippen molar-refractivity contribution in [3.05, 3.63) is 111 Å². The number of carbonyl (C=O) groups excluding carboxylic acids is 2. The van der Waals surface area contributed by atoms with Crippen LogP contribution in [0.15, 0.2) is 83.9 Å². The summed E-state index contributed by atoms with van der Waals surface area (Å²) in [5.74, 6) is -0.376. The summed E-state index contributed by atoms with van der Waals surface area (Å²) < 4.78 is 0. The first-order valence-electron chi connectivity index (χ1n) is 12.3. The summed E-state index contributed by atoms with van der Waals surface area (Å²) in [4.78, 5) is 35.1. The zero-order valence-corrected chi connectivity index (χ0v) is 21.6.